The molecular formula is C20H23Cl2NO2S. The third-order valence-electron chi connectivity index (χ3n) is 3.70. The summed E-state index contributed by atoms with van der Waals surface area (Å²) in [5, 5.41) is 4.21. The molecule has 0 heterocycles. The minimum Gasteiger partial charge on any atom is -0.481 e. The van der Waals surface area contributed by atoms with Gasteiger partial charge in [-0.05, 0) is 61.7 Å². The first-order chi connectivity index (χ1) is 12.3. The Balaban J connectivity index is 1.70. The molecule has 0 aliphatic rings. The smallest absolute Gasteiger partial charge is 0.260 e. The molecule has 0 aliphatic carbocycles. The summed E-state index contributed by atoms with van der Waals surface area (Å²) in [6.07, 6.45) is -0.535. The zero-order chi connectivity index (χ0) is 19.1. The summed E-state index contributed by atoms with van der Waals surface area (Å²) in [6.45, 7) is 6.35. The molecule has 1 amide bonds. The first-order valence-electron chi connectivity index (χ1n) is 8.39. The summed E-state index contributed by atoms with van der Waals surface area (Å²) in [4.78, 5) is 12.2. The van der Waals surface area contributed by atoms with Crippen molar-refractivity contribution >= 4 is 40.9 Å². The predicted octanol–water partition coefficient (Wildman–Crippen LogP) is 5.43. The molecule has 0 radical (unpaired) electrons. The molecule has 0 spiro atoms. The molecule has 6 heteroatoms. The number of carbonyl (C=O) groups is 1. The monoisotopic (exact) mass is 411 g/mol. The maximum atomic E-state index is 12.2. The first-order valence-corrected chi connectivity index (χ1v) is 10.3. The average Bonchev–Trinajstić information content (AvgIpc) is 2.55. The normalized spacial score (nSPS) is 11.9. The third kappa shape index (κ3) is 6.75. The van der Waals surface area contributed by atoms with Crippen LogP contribution in [-0.2, 0) is 10.5 Å². The molecule has 26 heavy (non-hydrogen) atoms. The summed E-state index contributed by atoms with van der Waals surface area (Å²) < 4.78 is 5.74. The van der Waals surface area contributed by atoms with Crippen molar-refractivity contribution in [3.63, 3.8) is 0 Å². The Morgan fingerprint density at radius 3 is 2.50 bits per heavy atom. The number of hydrogen-bond acceptors (Lipinski definition) is 3. The van der Waals surface area contributed by atoms with Crippen molar-refractivity contribution in [1.82, 2.24) is 5.32 Å². The summed E-state index contributed by atoms with van der Waals surface area (Å²) in [7, 11) is 0. The lowest BCUT2D eigenvalue weighted by Gasteiger charge is -2.15. The fourth-order valence-corrected chi connectivity index (χ4v) is 3.89. The van der Waals surface area contributed by atoms with Crippen LogP contribution in [0.5, 0.6) is 5.75 Å². The van der Waals surface area contributed by atoms with Crippen molar-refractivity contribution in [3.05, 3.63) is 63.1 Å². The summed E-state index contributed by atoms with van der Waals surface area (Å²) >= 11 is 13.7. The minimum absolute atomic E-state index is 0.116. The van der Waals surface area contributed by atoms with Gasteiger partial charge in [-0.1, -0.05) is 35.3 Å². The number of nitrogens with one attached hydrogen (secondary N) is 1. The number of benzene rings is 2. The van der Waals surface area contributed by atoms with E-state index in [0.29, 0.717) is 16.6 Å². The quantitative estimate of drug-likeness (QED) is 0.588. The second-order valence-electron chi connectivity index (χ2n) is 6.16. The predicted molar refractivity (Wildman–Crippen MR) is 112 cm³/mol. The van der Waals surface area contributed by atoms with Crippen LogP contribution in [0.15, 0.2) is 36.4 Å². The molecule has 3 nitrogen and oxygen atoms in total. The summed E-state index contributed by atoms with van der Waals surface area (Å²) in [6, 6.07) is 11.4. The second kappa shape index (κ2) is 10.1. The van der Waals surface area contributed by atoms with Gasteiger partial charge >= 0.3 is 0 Å². The Labute approximate surface area is 169 Å². The van der Waals surface area contributed by atoms with Crippen molar-refractivity contribution in [3.8, 4) is 5.75 Å². The highest BCUT2D eigenvalue weighted by Gasteiger charge is 2.14. The van der Waals surface area contributed by atoms with Crippen LogP contribution >= 0.6 is 35.0 Å². The molecule has 0 unspecified atom stereocenters. The van der Waals surface area contributed by atoms with Crippen molar-refractivity contribution < 1.29 is 9.53 Å². The zero-order valence-electron chi connectivity index (χ0n) is 15.1. The number of thioether (sulfide) groups is 1. The van der Waals surface area contributed by atoms with Gasteiger partial charge in [-0.15, -0.1) is 0 Å². The van der Waals surface area contributed by atoms with Crippen LogP contribution in [0.25, 0.3) is 0 Å². The number of amides is 1. The van der Waals surface area contributed by atoms with E-state index in [9.17, 15) is 4.79 Å². The highest BCUT2D eigenvalue weighted by atomic mass is 35.5. The van der Waals surface area contributed by atoms with Gasteiger partial charge in [-0.25, -0.2) is 0 Å². The van der Waals surface area contributed by atoms with Crippen molar-refractivity contribution in [2.45, 2.75) is 32.6 Å². The van der Waals surface area contributed by atoms with E-state index in [0.717, 1.165) is 33.9 Å². The Hall–Kier alpha value is -1.36. The van der Waals surface area contributed by atoms with Crippen molar-refractivity contribution in [2.75, 3.05) is 12.3 Å². The number of hydrogen-bond donors (Lipinski definition) is 1. The lowest BCUT2D eigenvalue weighted by atomic mass is 10.1. The summed E-state index contributed by atoms with van der Waals surface area (Å²) in [5.41, 5.74) is 3.27. The molecule has 2 rings (SSSR count). The number of carbonyl (C=O) groups excluding carboxylic acids is 1. The van der Waals surface area contributed by atoms with E-state index in [2.05, 4.69) is 11.4 Å². The Bertz CT molecular complexity index is 747. The van der Waals surface area contributed by atoms with Crippen molar-refractivity contribution in [1.29, 1.82) is 0 Å². The van der Waals surface area contributed by atoms with Gasteiger partial charge < -0.3 is 10.1 Å². The van der Waals surface area contributed by atoms with Gasteiger partial charge in [-0.2, -0.15) is 11.8 Å². The minimum atomic E-state index is -0.535. The fraction of sp³-hybridized carbons (Fsp3) is 0.350. The van der Waals surface area contributed by atoms with Gasteiger partial charge in [-0.3, -0.25) is 4.79 Å². The molecule has 1 atom stereocenters. The van der Waals surface area contributed by atoms with Crippen LogP contribution in [0.2, 0.25) is 10.0 Å². The van der Waals surface area contributed by atoms with E-state index in [1.54, 1.807) is 24.8 Å². The molecule has 2 aromatic carbocycles. The lowest BCUT2D eigenvalue weighted by molar-refractivity contribution is -0.127. The summed E-state index contributed by atoms with van der Waals surface area (Å²) in [5.74, 6) is 2.17. The van der Waals surface area contributed by atoms with Crippen LogP contribution < -0.4 is 10.1 Å². The number of ether oxygens (including phenoxy) is 1. The maximum absolute atomic E-state index is 12.2. The highest BCUT2D eigenvalue weighted by Crippen LogP contribution is 2.24. The van der Waals surface area contributed by atoms with Gasteiger partial charge in [0.2, 0.25) is 0 Å². The Morgan fingerprint density at radius 2 is 1.85 bits per heavy atom. The molecule has 0 saturated carbocycles. The lowest BCUT2D eigenvalue weighted by Crippen LogP contribution is -2.37. The highest BCUT2D eigenvalue weighted by molar-refractivity contribution is 7.98. The van der Waals surface area contributed by atoms with Crippen LogP contribution in [-0.4, -0.2) is 24.3 Å². The van der Waals surface area contributed by atoms with Gasteiger partial charge in [0.05, 0.1) is 0 Å². The van der Waals surface area contributed by atoms with Crippen molar-refractivity contribution in [2.24, 2.45) is 0 Å². The Kier molecular flexibility index (Phi) is 8.14. The standard InChI is InChI=1S/C20H23Cl2NO2S/c1-13-8-14(2)10-18(9-13)25-15(3)20(24)23-6-7-26-12-16-4-5-17(21)11-19(16)22/h4-5,8-11,15H,6-7,12H2,1-3H3,(H,23,24)/t15-/m0/s1. The van der Waals surface area contributed by atoms with Gasteiger partial charge in [0.1, 0.15) is 5.75 Å². The zero-order valence-corrected chi connectivity index (χ0v) is 17.5. The maximum Gasteiger partial charge on any atom is 0.260 e. The largest absolute Gasteiger partial charge is 0.481 e. The topological polar surface area (TPSA) is 38.3 Å². The van der Waals surface area contributed by atoms with Crippen LogP contribution in [0, 0.1) is 13.8 Å². The number of halogens is 2. The van der Waals surface area contributed by atoms with Gasteiger partial charge in [0, 0.05) is 28.1 Å². The second-order valence-corrected chi connectivity index (χ2v) is 8.11. The molecule has 2 aromatic rings. The van der Waals surface area contributed by atoms with E-state index in [-0.39, 0.29) is 5.91 Å². The molecule has 0 saturated heterocycles. The van der Waals surface area contributed by atoms with E-state index in [1.807, 2.05) is 38.1 Å². The number of aryl methyl sites for hydroxylation is 2. The van der Waals surface area contributed by atoms with Gasteiger partial charge in [0.25, 0.3) is 5.91 Å². The molecule has 1 N–H and O–H groups in total. The average molecular weight is 412 g/mol. The molecule has 0 bridgehead atoms. The van der Waals surface area contributed by atoms with Crippen LogP contribution in [0.1, 0.15) is 23.6 Å². The molecule has 0 aliphatic heterocycles. The number of rotatable bonds is 8. The van der Waals surface area contributed by atoms with E-state index >= 15 is 0 Å². The van der Waals surface area contributed by atoms with E-state index < -0.39 is 6.10 Å². The SMILES string of the molecule is Cc1cc(C)cc(O[C@@H](C)C(=O)NCCSCc2ccc(Cl)cc2Cl)c1. The molecule has 140 valence electrons. The molecule has 0 aromatic heterocycles. The molecular weight excluding hydrogens is 389 g/mol. The first kappa shape index (κ1) is 20.9. The molecule has 0 fully saturated rings. The van der Waals surface area contributed by atoms with E-state index in [4.69, 9.17) is 27.9 Å². The fourth-order valence-electron chi connectivity index (χ4n) is 2.47. The Morgan fingerprint density at radius 1 is 1.15 bits per heavy atom. The van der Waals surface area contributed by atoms with Gasteiger partial charge in [0.15, 0.2) is 6.10 Å². The van der Waals surface area contributed by atoms with Crippen LogP contribution in [0.4, 0.5) is 0 Å². The van der Waals surface area contributed by atoms with Crippen LogP contribution in [0.3, 0.4) is 0 Å². The third-order valence-corrected chi connectivity index (χ3v) is 5.29. The van der Waals surface area contributed by atoms with E-state index in [1.165, 1.54) is 0 Å².